The van der Waals surface area contributed by atoms with Crippen LogP contribution in [0.3, 0.4) is 0 Å². The predicted molar refractivity (Wildman–Crippen MR) is 52.8 cm³/mol. The van der Waals surface area contributed by atoms with Gasteiger partial charge in [0.25, 0.3) is 0 Å². The Labute approximate surface area is 80.1 Å². The quantitative estimate of drug-likeness (QED) is 0.692. The van der Waals surface area contributed by atoms with Crippen LogP contribution in [-0.4, -0.2) is 38.2 Å². The second-order valence-corrected chi connectivity index (χ2v) is 6.81. The Morgan fingerprint density at radius 1 is 1.38 bits per heavy atom. The molecule has 0 bridgehead atoms. The molecule has 5 heteroatoms. The zero-order chi connectivity index (χ0) is 10.3. The van der Waals surface area contributed by atoms with Crippen molar-refractivity contribution in [2.45, 2.75) is 26.0 Å². The van der Waals surface area contributed by atoms with Crippen molar-refractivity contribution in [3.05, 3.63) is 0 Å². The van der Waals surface area contributed by atoms with E-state index in [9.17, 15) is 8.42 Å². The van der Waals surface area contributed by atoms with Crippen LogP contribution in [0, 0.1) is 5.41 Å². The fourth-order valence-corrected chi connectivity index (χ4v) is 2.37. The van der Waals surface area contributed by atoms with E-state index in [0.29, 0.717) is 13.1 Å². The zero-order valence-electron chi connectivity index (χ0n) is 8.45. The van der Waals surface area contributed by atoms with Gasteiger partial charge in [0.05, 0.1) is 0 Å². The van der Waals surface area contributed by atoms with Gasteiger partial charge < -0.3 is 4.90 Å². The number of rotatable bonds is 2. The fraction of sp³-hybridized carbons (Fsp3) is 1.00. The number of sulfonamides is 1. The molecule has 0 aromatic heterocycles. The molecule has 1 aliphatic heterocycles. The molecule has 0 radical (unpaired) electrons. The summed E-state index contributed by atoms with van der Waals surface area (Å²) in [6.07, 6.45) is 0. The minimum atomic E-state index is -3.30. The third-order valence-corrected chi connectivity index (χ3v) is 3.31. The number of hydrogen-bond acceptors (Lipinski definition) is 3. The van der Waals surface area contributed by atoms with Crippen molar-refractivity contribution in [1.29, 1.82) is 0 Å². The largest absolute Gasteiger partial charge is 0.300 e. The highest BCUT2D eigenvalue weighted by Crippen LogP contribution is 2.21. The molecule has 4 nitrogen and oxygen atoms in total. The van der Waals surface area contributed by atoms with Gasteiger partial charge in [0.15, 0.2) is 0 Å². The average Bonchev–Trinajstić information content (AvgIpc) is 1.71. The van der Waals surface area contributed by atoms with E-state index >= 15 is 0 Å². The highest BCUT2D eigenvalue weighted by Gasteiger charge is 2.36. The van der Waals surface area contributed by atoms with E-state index in [1.165, 1.54) is 0 Å². The van der Waals surface area contributed by atoms with Gasteiger partial charge >= 0.3 is 0 Å². The van der Waals surface area contributed by atoms with Crippen LogP contribution >= 0.6 is 0 Å². The third kappa shape index (κ3) is 3.25. The molecule has 1 fully saturated rings. The molecule has 0 unspecified atom stereocenters. The van der Waals surface area contributed by atoms with Gasteiger partial charge in [0.1, 0.15) is 5.25 Å². The number of nitrogens with zero attached hydrogens (tertiary/aromatic N) is 1. The topological polar surface area (TPSA) is 63.4 Å². The summed E-state index contributed by atoms with van der Waals surface area (Å²) in [5.74, 6) is 0. The molecule has 1 heterocycles. The molecule has 0 atom stereocenters. The molecule has 13 heavy (non-hydrogen) atoms. The molecule has 1 rings (SSSR count). The maximum Gasteiger partial charge on any atom is 0.214 e. The summed E-state index contributed by atoms with van der Waals surface area (Å²) in [6, 6.07) is 0. The Hall–Kier alpha value is -0.130. The normalized spacial score (nSPS) is 21.5. The molecule has 0 amide bonds. The summed E-state index contributed by atoms with van der Waals surface area (Å²) in [4.78, 5) is 2.12. The van der Waals surface area contributed by atoms with Gasteiger partial charge in [-0.25, -0.2) is 13.6 Å². The van der Waals surface area contributed by atoms with Gasteiger partial charge in [-0.1, -0.05) is 20.8 Å². The molecular weight excluding hydrogens is 188 g/mol. The summed E-state index contributed by atoms with van der Waals surface area (Å²) in [7, 11) is -3.30. The first-order valence-electron chi connectivity index (χ1n) is 4.42. The van der Waals surface area contributed by atoms with Crippen molar-refractivity contribution in [1.82, 2.24) is 4.90 Å². The number of likely N-dealkylation sites (tertiary alicyclic amines) is 1. The van der Waals surface area contributed by atoms with Gasteiger partial charge in [-0.3, -0.25) is 0 Å². The van der Waals surface area contributed by atoms with E-state index in [0.717, 1.165) is 6.54 Å². The monoisotopic (exact) mass is 206 g/mol. The van der Waals surface area contributed by atoms with Crippen LogP contribution < -0.4 is 5.14 Å². The lowest BCUT2D eigenvalue weighted by Crippen LogP contribution is -2.58. The van der Waals surface area contributed by atoms with Crippen molar-refractivity contribution >= 4 is 10.0 Å². The Kier molecular flexibility index (Phi) is 2.71. The lowest BCUT2D eigenvalue weighted by atomic mass is 9.94. The van der Waals surface area contributed by atoms with Gasteiger partial charge in [0, 0.05) is 19.6 Å². The van der Waals surface area contributed by atoms with E-state index in [4.69, 9.17) is 5.14 Å². The van der Waals surface area contributed by atoms with Gasteiger partial charge in [-0.15, -0.1) is 0 Å². The van der Waals surface area contributed by atoms with Crippen molar-refractivity contribution in [2.24, 2.45) is 10.6 Å². The van der Waals surface area contributed by atoms with Crippen LogP contribution in [0.4, 0.5) is 0 Å². The molecule has 2 N–H and O–H groups in total. The van der Waals surface area contributed by atoms with Crippen LogP contribution in [-0.2, 0) is 10.0 Å². The van der Waals surface area contributed by atoms with Gasteiger partial charge in [0.2, 0.25) is 10.0 Å². The average molecular weight is 206 g/mol. The molecule has 0 aromatic carbocycles. The first-order valence-corrected chi connectivity index (χ1v) is 6.03. The van der Waals surface area contributed by atoms with E-state index in [1.54, 1.807) is 0 Å². The van der Waals surface area contributed by atoms with Crippen LogP contribution in [0.1, 0.15) is 20.8 Å². The first kappa shape index (κ1) is 10.9. The molecule has 0 aromatic rings. The highest BCUT2D eigenvalue weighted by molar-refractivity contribution is 7.89. The lowest BCUT2D eigenvalue weighted by Gasteiger charge is -2.41. The summed E-state index contributed by atoms with van der Waals surface area (Å²) in [5, 5.41) is 4.67. The molecule has 0 saturated carbocycles. The summed E-state index contributed by atoms with van der Waals surface area (Å²) in [6.45, 7) is 8.52. The van der Waals surface area contributed by atoms with Crippen molar-refractivity contribution in [3.63, 3.8) is 0 Å². The molecule has 0 spiro atoms. The highest BCUT2D eigenvalue weighted by atomic mass is 32.2. The molecule has 1 aliphatic rings. The molecule has 0 aliphatic carbocycles. The third-order valence-electron chi connectivity index (χ3n) is 2.09. The van der Waals surface area contributed by atoms with Crippen LogP contribution in [0.2, 0.25) is 0 Å². The first-order chi connectivity index (χ1) is 5.68. The minimum Gasteiger partial charge on any atom is -0.300 e. The lowest BCUT2D eigenvalue weighted by molar-refractivity contribution is 0.128. The Morgan fingerprint density at radius 3 is 2.15 bits per heavy atom. The standard InChI is InChI=1S/C8H18N2O2S/c1-8(2,3)6-10-4-7(5-10)13(9,11)12/h7H,4-6H2,1-3H3,(H2,9,11,12). The van der Waals surface area contributed by atoms with Crippen LogP contribution in [0.5, 0.6) is 0 Å². The van der Waals surface area contributed by atoms with Crippen molar-refractivity contribution < 1.29 is 8.42 Å². The number of hydrogen-bond donors (Lipinski definition) is 1. The van der Waals surface area contributed by atoms with E-state index in [-0.39, 0.29) is 10.7 Å². The molecule has 78 valence electrons. The van der Waals surface area contributed by atoms with E-state index in [1.807, 2.05) is 0 Å². The predicted octanol–water partition coefficient (Wildman–Crippen LogP) is 0.00520. The Bertz CT molecular complexity index is 273. The van der Waals surface area contributed by atoms with E-state index in [2.05, 4.69) is 25.7 Å². The minimum absolute atomic E-state index is 0.226. The van der Waals surface area contributed by atoms with Gasteiger partial charge in [-0.05, 0) is 5.41 Å². The fourth-order valence-electron chi connectivity index (χ4n) is 1.53. The Morgan fingerprint density at radius 2 is 1.85 bits per heavy atom. The molecule has 1 saturated heterocycles. The van der Waals surface area contributed by atoms with Crippen LogP contribution in [0.25, 0.3) is 0 Å². The maximum absolute atomic E-state index is 10.9. The summed E-state index contributed by atoms with van der Waals surface area (Å²) in [5.41, 5.74) is 0.226. The smallest absolute Gasteiger partial charge is 0.214 e. The maximum atomic E-state index is 10.9. The zero-order valence-corrected chi connectivity index (χ0v) is 9.26. The summed E-state index contributed by atoms with van der Waals surface area (Å²) < 4.78 is 21.8. The molecular formula is C8H18N2O2S. The van der Waals surface area contributed by atoms with Crippen LogP contribution in [0.15, 0.2) is 0 Å². The number of primary sulfonamides is 1. The van der Waals surface area contributed by atoms with Crippen molar-refractivity contribution in [2.75, 3.05) is 19.6 Å². The second kappa shape index (κ2) is 3.22. The Balaban J connectivity index is 2.35. The van der Waals surface area contributed by atoms with Crippen molar-refractivity contribution in [3.8, 4) is 0 Å². The SMILES string of the molecule is CC(C)(C)CN1CC(S(N)(=O)=O)C1. The summed E-state index contributed by atoms with van der Waals surface area (Å²) >= 11 is 0. The van der Waals surface area contributed by atoms with E-state index < -0.39 is 10.0 Å². The second-order valence-electron chi connectivity index (χ2n) is 4.97. The van der Waals surface area contributed by atoms with Gasteiger partial charge in [-0.2, -0.15) is 0 Å². The number of nitrogens with two attached hydrogens (primary N) is 1.